The van der Waals surface area contributed by atoms with Crippen LogP contribution in [0.15, 0.2) is 0 Å². The zero-order valence-electron chi connectivity index (χ0n) is 10.3. The molecule has 1 aliphatic heterocycles. The summed E-state index contributed by atoms with van der Waals surface area (Å²) in [7, 11) is 0. The van der Waals surface area contributed by atoms with Gasteiger partial charge in [0.25, 0.3) is 0 Å². The number of rotatable bonds is 4. The predicted molar refractivity (Wildman–Crippen MR) is 70.2 cm³/mol. The monoisotopic (exact) mass is 244 g/mol. The van der Waals surface area contributed by atoms with Gasteiger partial charge < -0.3 is 10.2 Å². The van der Waals surface area contributed by atoms with Gasteiger partial charge in [0.05, 0.1) is 0 Å². The lowest BCUT2D eigenvalue weighted by atomic mass is 10.1. The second-order valence-corrected chi connectivity index (χ2v) is 5.82. The minimum atomic E-state index is 0.362. The first kappa shape index (κ1) is 12.7. The number of likely N-dealkylation sites (tertiary alicyclic amines) is 1. The van der Waals surface area contributed by atoms with Gasteiger partial charge in [0.1, 0.15) is 0 Å². The van der Waals surface area contributed by atoms with Crippen molar-refractivity contribution >= 4 is 11.6 Å². The molecule has 1 saturated carbocycles. The number of nitrogens with one attached hydrogen (secondary N) is 1. The second-order valence-electron chi connectivity index (χ2n) is 5.26. The second kappa shape index (κ2) is 6.83. The molecule has 2 unspecified atom stereocenters. The fourth-order valence-electron chi connectivity index (χ4n) is 2.91. The lowest BCUT2D eigenvalue weighted by Gasteiger charge is -2.23. The van der Waals surface area contributed by atoms with E-state index in [1.54, 1.807) is 0 Å². The van der Waals surface area contributed by atoms with Gasteiger partial charge in [-0.25, -0.2) is 0 Å². The summed E-state index contributed by atoms with van der Waals surface area (Å²) in [5, 5.41) is 4.03. The molecular formula is C13H25ClN2. The Bertz CT molecular complexity index is 192. The van der Waals surface area contributed by atoms with Crippen LogP contribution >= 0.6 is 11.6 Å². The van der Waals surface area contributed by atoms with Crippen LogP contribution in [-0.2, 0) is 0 Å². The van der Waals surface area contributed by atoms with E-state index in [9.17, 15) is 0 Å². The third kappa shape index (κ3) is 3.90. The van der Waals surface area contributed by atoms with Crippen molar-refractivity contribution in [3.05, 3.63) is 0 Å². The van der Waals surface area contributed by atoms with Gasteiger partial charge in [-0.1, -0.05) is 19.3 Å². The molecule has 2 fully saturated rings. The summed E-state index contributed by atoms with van der Waals surface area (Å²) in [6.07, 6.45) is 9.29. The Kier molecular flexibility index (Phi) is 5.40. The van der Waals surface area contributed by atoms with Crippen LogP contribution < -0.4 is 5.32 Å². The number of hydrogen-bond acceptors (Lipinski definition) is 2. The summed E-state index contributed by atoms with van der Waals surface area (Å²) in [5.74, 6) is 0. The van der Waals surface area contributed by atoms with Crippen LogP contribution in [0.1, 0.15) is 44.9 Å². The first-order valence-corrected chi connectivity index (χ1v) is 7.40. The molecule has 1 N–H and O–H groups in total. The summed E-state index contributed by atoms with van der Waals surface area (Å²) in [6, 6.07) is 0.562. The van der Waals surface area contributed by atoms with Crippen LogP contribution in [0.5, 0.6) is 0 Å². The highest BCUT2D eigenvalue weighted by Crippen LogP contribution is 2.22. The Labute approximate surface area is 105 Å². The van der Waals surface area contributed by atoms with Crippen molar-refractivity contribution in [1.29, 1.82) is 0 Å². The molecule has 94 valence electrons. The molecule has 16 heavy (non-hydrogen) atoms. The van der Waals surface area contributed by atoms with E-state index in [0.29, 0.717) is 11.4 Å². The standard InChI is InChI=1S/C13H25ClN2/c14-12-6-2-1-3-7-13(12)15-8-11-16-9-4-5-10-16/h12-13,15H,1-11H2. The molecule has 2 rings (SSSR count). The van der Waals surface area contributed by atoms with Gasteiger partial charge in [-0.2, -0.15) is 0 Å². The first-order chi connectivity index (χ1) is 7.86. The van der Waals surface area contributed by atoms with Crippen LogP contribution in [0.3, 0.4) is 0 Å². The lowest BCUT2D eigenvalue weighted by molar-refractivity contribution is 0.322. The van der Waals surface area contributed by atoms with Crippen LogP contribution in [-0.4, -0.2) is 42.5 Å². The van der Waals surface area contributed by atoms with Gasteiger partial charge in [0.2, 0.25) is 0 Å². The van der Waals surface area contributed by atoms with E-state index >= 15 is 0 Å². The minimum absolute atomic E-state index is 0.362. The largest absolute Gasteiger partial charge is 0.311 e. The Morgan fingerprint density at radius 1 is 1.00 bits per heavy atom. The highest BCUT2D eigenvalue weighted by molar-refractivity contribution is 6.21. The summed E-state index contributed by atoms with van der Waals surface area (Å²) in [6.45, 7) is 4.93. The van der Waals surface area contributed by atoms with E-state index in [0.717, 1.165) is 6.54 Å². The maximum Gasteiger partial charge on any atom is 0.0489 e. The number of alkyl halides is 1. The SMILES string of the molecule is ClC1CCCCCC1NCCN1CCCC1. The van der Waals surface area contributed by atoms with E-state index in [1.165, 1.54) is 64.6 Å². The van der Waals surface area contributed by atoms with Gasteiger partial charge in [-0.3, -0.25) is 0 Å². The van der Waals surface area contributed by atoms with Crippen molar-refractivity contribution in [2.75, 3.05) is 26.2 Å². The molecule has 0 aromatic carbocycles. The smallest absolute Gasteiger partial charge is 0.0489 e. The van der Waals surface area contributed by atoms with Crippen molar-refractivity contribution in [2.24, 2.45) is 0 Å². The molecule has 0 aromatic rings. The summed E-state index contributed by atoms with van der Waals surface area (Å²) >= 11 is 6.41. The Balaban J connectivity index is 1.63. The van der Waals surface area contributed by atoms with Crippen LogP contribution in [0.2, 0.25) is 0 Å². The minimum Gasteiger partial charge on any atom is -0.311 e. The molecule has 0 amide bonds. The molecule has 1 saturated heterocycles. The molecule has 2 atom stereocenters. The Morgan fingerprint density at radius 2 is 1.75 bits per heavy atom. The number of halogens is 1. The quantitative estimate of drug-likeness (QED) is 0.604. The van der Waals surface area contributed by atoms with E-state index in [-0.39, 0.29) is 0 Å². The molecule has 0 spiro atoms. The fraction of sp³-hybridized carbons (Fsp3) is 1.00. The van der Waals surface area contributed by atoms with Gasteiger partial charge in [0.15, 0.2) is 0 Å². The van der Waals surface area contributed by atoms with Gasteiger partial charge in [0, 0.05) is 24.5 Å². The average molecular weight is 245 g/mol. The Hall–Kier alpha value is 0.210. The maximum absolute atomic E-state index is 6.41. The van der Waals surface area contributed by atoms with E-state index in [1.807, 2.05) is 0 Å². The summed E-state index contributed by atoms with van der Waals surface area (Å²) in [4.78, 5) is 2.56. The summed E-state index contributed by atoms with van der Waals surface area (Å²) < 4.78 is 0. The van der Waals surface area contributed by atoms with Gasteiger partial charge in [-0.15, -0.1) is 11.6 Å². The molecule has 0 radical (unpaired) electrons. The first-order valence-electron chi connectivity index (χ1n) is 6.96. The zero-order valence-corrected chi connectivity index (χ0v) is 11.0. The lowest BCUT2D eigenvalue weighted by Crippen LogP contribution is -2.40. The molecule has 1 heterocycles. The molecule has 2 nitrogen and oxygen atoms in total. The van der Waals surface area contributed by atoms with Crippen molar-refractivity contribution < 1.29 is 0 Å². The molecule has 0 bridgehead atoms. The molecule has 1 aliphatic carbocycles. The Morgan fingerprint density at radius 3 is 2.56 bits per heavy atom. The van der Waals surface area contributed by atoms with Crippen molar-refractivity contribution in [3.8, 4) is 0 Å². The van der Waals surface area contributed by atoms with Crippen LogP contribution in [0.25, 0.3) is 0 Å². The third-order valence-corrected chi connectivity index (χ3v) is 4.49. The maximum atomic E-state index is 6.41. The highest BCUT2D eigenvalue weighted by Gasteiger charge is 2.21. The molecule has 2 aliphatic rings. The number of nitrogens with zero attached hydrogens (tertiary/aromatic N) is 1. The van der Waals surface area contributed by atoms with Gasteiger partial charge in [-0.05, 0) is 38.8 Å². The van der Waals surface area contributed by atoms with Crippen molar-refractivity contribution in [3.63, 3.8) is 0 Å². The zero-order chi connectivity index (χ0) is 11.2. The van der Waals surface area contributed by atoms with E-state index in [4.69, 9.17) is 11.6 Å². The van der Waals surface area contributed by atoms with E-state index in [2.05, 4.69) is 10.2 Å². The average Bonchev–Trinajstić information content (AvgIpc) is 2.71. The molecule has 3 heteroatoms. The van der Waals surface area contributed by atoms with E-state index < -0.39 is 0 Å². The van der Waals surface area contributed by atoms with Gasteiger partial charge >= 0.3 is 0 Å². The highest BCUT2D eigenvalue weighted by atomic mass is 35.5. The summed E-state index contributed by atoms with van der Waals surface area (Å²) in [5.41, 5.74) is 0. The fourth-order valence-corrected chi connectivity index (χ4v) is 3.28. The topological polar surface area (TPSA) is 15.3 Å². The normalized spacial score (nSPS) is 32.8. The van der Waals surface area contributed by atoms with Crippen molar-refractivity contribution in [1.82, 2.24) is 10.2 Å². The molecule has 0 aromatic heterocycles. The molecular weight excluding hydrogens is 220 g/mol. The third-order valence-electron chi connectivity index (χ3n) is 3.96. The van der Waals surface area contributed by atoms with Crippen LogP contribution in [0, 0.1) is 0 Å². The van der Waals surface area contributed by atoms with Crippen molar-refractivity contribution in [2.45, 2.75) is 56.4 Å². The van der Waals surface area contributed by atoms with Crippen LogP contribution in [0.4, 0.5) is 0 Å². The number of hydrogen-bond donors (Lipinski definition) is 1. The predicted octanol–water partition coefficient (Wildman–Crippen LogP) is 2.61.